The van der Waals surface area contributed by atoms with E-state index in [0.29, 0.717) is 30.1 Å². The zero-order valence-corrected chi connectivity index (χ0v) is 10.3. The summed E-state index contributed by atoms with van der Waals surface area (Å²) in [4.78, 5) is 10.6. The second-order valence-corrected chi connectivity index (χ2v) is 4.38. The van der Waals surface area contributed by atoms with Gasteiger partial charge >= 0.3 is 5.97 Å². The van der Waals surface area contributed by atoms with E-state index >= 15 is 0 Å². The Labute approximate surface area is 105 Å². The number of carboxylic acids is 1. The summed E-state index contributed by atoms with van der Waals surface area (Å²) in [5, 5.41) is 12.2. The van der Waals surface area contributed by atoms with Gasteiger partial charge in [0.05, 0.1) is 5.92 Å². The van der Waals surface area contributed by atoms with Crippen LogP contribution in [0, 0.1) is 11.7 Å². The molecule has 0 saturated carbocycles. The van der Waals surface area contributed by atoms with Crippen LogP contribution in [0.3, 0.4) is 0 Å². The van der Waals surface area contributed by atoms with Crippen LogP contribution in [-0.2, 0) is 11.3 Å². The molecule has 0 radical (unpaired) electrons. The van der Waals surface area contributed by atoms with Gasteiger partial charge in [0.2, 0.25) is 0 Å². The zero-order chi connectivity index (χ0) is 12.8. The van der Waals surface area contributed by atoms with Crippen LogP contribution < -0.4 is 5.32 Å². The molecule has 0 fully saturated rings. The van der Waals surface area contributed by atoms with Crippen LogP contribution in [0.15, 0.2) is 18.2 Å². The fourth-order valence-corrected chi connectivity index (χ4v) is 1.54. The molecule has 0 aliphatic rings. The molecule has 0 bridgehead atoms. The van der Waals surface area contributed by atoms with E-state index in [1.165, 1.54) is 12.1 Å². The van der Waals surface area contributed by atoms with E-state index in [1.807, 2.05) is 0 Å². The van der Waals surface area contributed by atoms with Gasteiger partial charge in [0.25, 0.3) is 0 Å². The maximum absolute atomic E-state index is 13.3. The largest absolute Gasteiger partial charge is 0.481 e. The smallest absolute Gasteiger partial charge is 0.306 e. The Morgan fingerprint density at radius 3 is 2.94 bits per heavy atom. The van der Waals surface area contributed by atoms with Gasteiger partial charge in [0.1, 0.15) is 5.82 Å². The monoisotopic (exact) mass is 259 g/mol. The quantitative estimate of drug-likeness (QED) is 0.773. The summed E-state index contributed by atoms with van der Waals surface area (Å²) < 4.78 is 13.3. The van der Waals surface area contributed by atoms with Crippen molar-refractivity contribution >= 4 is 17.6 Å². The predicted octanol–water partition coefficient (Wildman–Crippen LogP) is 2.68. The Morgan fingerprint density at radius 2 is 2.29 bits per heavy atom. The number of hydrogen-bond acceptors (Lipinski definition) is 2. The lowest BCUT2D eigenvalue weighted by atomic mass is 10.1. The van der Waals surface area contributed by atoms with Crippen molar-refractivity contribution in [2.45, 2.75) is 19.9 Å². The number of rotatable bonds is 6. The fourth-order valence-electron chi connectivity index (χ4n) is 1.34. The number of aliphatic carboxylic acids is 1. The Bertz CT molecular complexity index is 398. The summed E-state index contributed by atoms with van der Waals surface area (Å²) in [5.74, 6) is -1.53. The lowest BCUT2D eigenvalue weighted by Crippen LogP contribution is -2.20. The van der Waals surface area contributed by atoms with Crippen LogP contribution in [0.4, 0.5) is 4.39 Å². The summed E-state index contributed by atoms with van der Waals surface area (Å²) >= 11 is 5.75. The molecule has 0 heterocycles. The van der Waals surface area contributed by atoms with Gasteiger partial charge in [-0.05, 0) is 31.2 Å². The van der Waals surface area contributed by atoms with Crippen LogP contribution in [-0.4, -0.2) is 17.6 Å². The van der Waals surface area contributed by atoms with Gasteiger partial charge in [-0.3, -0.25) is 4.79 Å². The van der Waals surface area contributed by atoms with Crippen molar-refractivity contribution in [2.75, 3.05) is 6.54 Å². The second kappa shape index (κ2) is 6.57. The minimum atomic E-state index is -0.819. The van der Waals surface area contributed by atoms with Gasteiger partial charge in [0, 0.05) is 17.1 Å². The van der Waals surface area contributed by atoms with E-state index in [4.69, 9.17) is 16.7 Å². The summed E-state index contributed by atoms with van der Waals surface area (Å²) in [5.41, 5.74) is 0.487. The van der Waals surface area contributed by atoms with Crippen molar-refractivity contribution in [3.63, 3.8) is 0 Å². The van der Waals surface area contributed by atoms with Crippen LogP contribution in [0.2, 0.25) is 5.02 Å². The molecule has 1 unspecified atom stereocenters. The molecule has 0 saturated heterocycles. The molecule has 1 aromatic carbocycles. The Balaban J connectivity index is 2.36. The second-order valence-electron chi connectivity index (χ2n) is 3.94. The van der Waals surface area contributed by atoms with Crippen molar-refractivity contribution < 1.29 is 14.3 Å². The Hall–Kier alpha value is -1.13. The Kier molecular flexibility index (Phi) is 5.38. The molecular weight excluding hydrogens is 245 g/mol. The third kappa shape index (κ3) is 4.71. The molecule has 0 spiro atoms. The molecule has 1 aromatic rings. The van der Waals surface area contributed by atoms with E-state index in [9.17, 15) is 9.18 Å². The molecule has 0 aliphatic carbocycles. The first kappa shape index (κ1) is 13.9. The number of carbonyl (C=O) groups is 1. The van der Waals surface area contributed by atoms with Crippen LogP contribution >= 0.6 is 11.6 Å². The molecule has 2 N–H and O–H groups in total. The molecule has 94 valence electrons. The van der Waals surface area contributed by atoms with Crippen molar-refractivity contribution in [2.24, 2.45) is 5.92 Å². The molecule has 3 nitrogen and oxygen atoms in total. The van der Waals surface area contributed by atoms with Crippen LogP contribution in [0.5, 0.6) is 0 Å². The summed E-state index contributed by atoms with van der Waals surface area (Å²) in [6, 6.07) is 4.37. The summed E-state index contributed by atoms with van der Waals surface area (Å²) in [6.07, 6.45) is 0.511. The van der Waals surface area contributed by atoms with Gasteiger partial charge in [-0.25, -0.2) is 4.39 Å². The third-order valence-corrected chi connectivity index (χ3v) is 2.73. The van der Waals surface area contributed by atoms with E-state index in [-0.39, 0.29) is 5.82 Å². The van der Waals surface area contributed by atoms with E-state index < -0.39 is 11.9 Å². The topological polar surface area (TPSA) is 49.3 Å². The molecule has 1 rings (SSSR count). The van der Waals surface area contributed by atoms with Crippen molar-refractivity contribution in [1.82, 2.24) is 5.32 Å². The van der Waals surface area contributed by atoms with E-state index in [1.54, 1.807) is 13.0 Å². The predicted molar refractivity (Wildman–Crippen MR) is 64.5 cm³/mol. The standard InChI is InChI=1S/C12H15ClFNO2/c1-8(12(16)17)4-5-15-7-9-6-10(13)2-3-11(9)14/h2-3,6,8,15H,4-5,7H2,1H3,(H,16,17). The van der Waals surface area contributed by atoms with Gasteiger partial charge in [-0.1, -0.05) is 18.5 Å². The highest BCUT2D eigenvalue weighted by Crippen LogP contribution is 2.14. The maximum atomic E-state index is 13.3. The number of hydrogen-bond donors (Lipinski definition) is 2. The first-order valence-electron chi connectivity index (χ1n) is 5.38. The van der Waals surface area contributed by atoms with Gasteiger partial charge in [-0.2, -0.15) is 0 Å². The molecule has 5 heteroatoms. The van der Waals surface area contributed by atoms with E-state index in [0.717, 1.165) is 0 Å². The molecule has 0 aromatic heterocycles. The Morgan fingerprint density at radius 1 is 1.59 bits per heavy atom. The minimum Gasteiger partial charge on any atom is -0.481 e. The first-order valence-corrected chi connectivity index (χ1v) is 5.76. The summed E-state index contributed by atoms with van der Waals surface area (Å²) in [6.45, 7) is 2.52. The number of halogens is 2. The van der Waals surface area contributed by atoms with Gasteiger partial charge < -0.3 is 10.4 Å². The van der Waals surface area contributed by atoms with Crippen molar-refractivity contribution in [3.05, 3.63) is 34.6 Å². The number of nitrogens with one attached hydrogen (secondary N) is 1. The third-order valence-electron chi connectivity index (χ3n) is 2.50. The highest BCUT2D eigenvalue weighted by molar-refractivity contribution is 6.30. The molecule has 0 aliphatic heterocycles. The number of benzene rings is 1. The fraction of sp³-hybridized carbons (Fsp3) is 0.417. The average molecular weight is 260 g/mol. The van der Waals surface area contributed by atoms with E-state index in [2.05, 4.69) is 5.32 Å². The van der Waals surface area contributed by atoms with Gasteiger partial charge in [-0.15, -0.1) is 0 Å². The first-order chi connectivity index (χ1) is 8.00. The number of carboxylic acid groups (broad SMARTS) is 1. The molecule has 17 heavy (non-hydrogen) atoms. The minimum absolute atomic E-state index is 0.312. The van der Waals surface area contributed by atoms with Crippen LogP contribution in [0.25, 0.3) is 0 Å². The normalized spacial score (nSPS) is 12.4. The summed E-state index contributed by atoms with van der Waals surface area (Å²) in [7, 11) is 0. The molecule has 1 atom stereocenters. The van der Waals surface area contributed by atoms with Gasteiger partial charge in [0.15, 0.2) is 0 Å². The van der Waals surface area contributed by atoms with Crippen molar-refractivity contribution in [1.29, 1.82) is 0 Å². The maximum Gasteiger partial charge on any atom is 0.306 e. The highest BCUT2D eigenvalue weighted by atomic mass is 35.5. The zero-order valence-electron chi connectivity index (χ0n) is 9.54. The molecular formula is C12H15ClFNO2. The van der Waals surface area contributed by atoms with Crippen LogP contribution in [0.1, 0.15) is 18.9 Å². The van der Waals surface area contributed by atoms with Crippen molar-refractivity contribution in [3.8, 4) is 0 Å². The average Bonchev–Trinajstić information content (AvgIpc) is 2.28. The lowest BCUT2D eigenvalue weighted by molar-refractivity contribution is -0.141. The highest BCUT2D eigenvalue weighted by Gasteiger charge is 2.09. The lowest BCUT2D eigenvalue weighted by Gasteiger charge is -2.08. The molecule has 0 amide bonds. The SMILES string of the molecule is CC(CCNCc1cc(Cl)ccc1F)C(=O)O.